The van der Waals surface area contributed by atoms with E-state index in [9.17, 15) is 4.79 Å². The maximum atomic E-state index is 13.8. The molecule has 0 amide bonds. The standard InChI is InChI=1S/C28H34N2O4/c1-7-10-32-11-12-33-23-15-21-20(14-24(23)34-17(2)3)26(31)25-19-9-8-18(16-29-6)13-22(19)30-27(25)28(21,4)5/h8-9,13-15,17,30H,6-7,10-12,16H2,1-5H3. The van der Waals surface area contributed by atoms with Gasteiger partial charge in [0.1, 0.15) is 6.61 Å². The highest BCUT2D eigenvalue weighted by Crippen LogP contribution is 2.47. The van der Waals surface area contributed by atoms with Crippen LogP contribution in [-0.4, -0.2) is 43.4 Å². The Hall–Kier alpha value is -3.12. The number of carbonyl (C=O) groups is 1. The zero-order chi connectivity index (χ0) is 24.5. The highest BCUT2D eigenvalue weighted by atomic mass is 16.5. The molecule has 180 valence electrons. The van der Waals surface area contributed by atoms with Crippen LogP contribution in [0, 0.1) is 0 Å². The van der Waals surface area contributed by atoms with Crippen LogP contribution in [0.3, 0.4) is 0 Å². The van der Waals surface area contributed by atoms with Crippen LogP contribution >= 0.6 is 0 Å². The summed E-state index contributed by atoms with van der Waals surface area (Å²) in [7, 11) is 0. The Morgan fingerprint density at radius 1 is 1.09 bits per heavy atom. The maximum Gasteiger partial charge on any atom is 0.195 e. The summed E-state index contributed by atoms with van der Waals surface area (Å²) in [5, 5.41) is 0.922. The van der Waals surface area contributed by atoms with E-state index in [1.54, 1.807) is 0 Å². The van der Waals surface area contributed by atoms with Crippen molar-refractivity contribution in [3.05, 3.63) is 58.3 Å². The quantitative estimate of drug-likeness (QED) is 0.304. The minimum atomic E-state index is -0.429. The molecule has 0 bridgehead atoms. The molecule has 2 aromatic carbocycles. The number of benzene rings is 2. The van der Waals surface area contributed by atoms with Gasteiger partial charge >= 0.3 is 0 Å². The topological polar surface area (TPSA) is 72.9 Å². The molecule has 0 aliphatic heterocycles. The van der Waals surface area contributed by atoms with E-state index in [0.717, 1.165) is 39.7 Å². The van der Waals surface area contributed by atoms with Gasteiger partial charge in [-0.3, -0.25) is 9.79 Å². The number of nitrogens with zero attached hydrogens (tertiary/aromatic N) is 1. The van der Waals surface area contributed by atoms with E-state index in [1.807, 2.05) is 38.1 Å². The zero-order valence-electron chi connectivity index (χ0n) is 20.8. The molecule has 0 unspecified atom stereocenters. The highest BCUT2D eigenvalue weighted by molar-refractivity contribution is 6.20. The molecule has 1 aliphatic rings. The average Bonchev–Trinajstić information content (AvgIpc) is 3.18. The van der Waals surface area contributed by atoms with E-state index in [4.69, 9.17) is 14.2 Å². The maximum absolute atomic E-state index is 13.8. The number of H-pyrrole nitrogens is 1. The Bertz CT molecular complexity index is 1220. The number of hydrogen-bond acceptors (Lipinski definition) is 5. The molecule has 4 rings (SSSR count). The van der Waals surface area contributed by atoms with Gasteiger partial charge in [-0.2, -0.15) is 0 Å². The van der Waals surface area contributed by atoms with Gasteiger partial charge in [-0.25, -0.2) is 0 Å². The Balaban J connectivity index is 1.79. The predicted molar refractivity (Wildman–Crippen MR) is 136 cm³/mol. The Morgan fingerprint density at radius 2 is 1.88 bits per heavy atom. The predicted octanol–water partition coefficient (Wildman–Crippen LogP) is 5.83. The number of hydrogen-bond donors (Lipinski definition) is 1. The number of ether oxygens (including phenoxy) is 3. The van der Waals surface area contributed by atoms with Crippen molar-refractivity contribution in [2.75, 3.05) is 19.8 Å². The lowest BCUT2D eigenvalue weighted by molar-refractivity contribution is 0.0979. The third kappa shape index (κ3) is 4.34. The summed E-state index contributed by atoms with van der Waals surface area (Å²) in [6, 6.07) is 9.87. The van der Waals surface area contributed by atoms with Gasteiger partial charge in [-0.05, 0) is 56.3 Å². The zero-order valence-corrected chi connectivity index (χ0v) is 20.8. The lowest BCUT2D eigenvalue weighted by atomic mass is 9.71. The van der Waals surface area contributed by atoms with E-state index in [2.05, 4.69) is 43.5 Å². The molecule has 0 spiro atoms. The lowest BCUT2D eigenvalue weighted by Crippen LogP contribution is -2.30. The van der Waals surface area contributed by atoms with Gasteiger partial charge in [0.25, 0.3) is 0 Å². The molecule has 1 aromatic heterocycles. The van der Waals surface area contributed by atoms with Crippen molar-refractivity contribution < 1.29 is 19.0 Å². The molecule has 0 fully saturated rings. The third-order valence-electron chi connectivity index (χ3n) is 6.21. The smallest absolute Gasteiger partial charge is 0.195 e. The van der Waals surface area contributed by atoms with Crippen LogP contribution in [0.2, 0.25) is 0 Å². The van der Waals surface area contributed by atoms with Crippen molar-refractivity contribution in [1.29, 1.82) is 0 Å². The van der Waals surface area contributed by atoms with Crippen LogP contribution in [-0.2, 0) is 16.7 Å². The molecule has 1 N–H and O–H groups in total. The second kappa shape index (κ2) is 9.63. The van der Waals surface area contributed by atoms with Crippen LogP contribution < -0.4 is 9.47 Å². The lowest BCUT2D eigenvalue weighted by Gasteiger charge is -2.33. The van der Waals surface area contributed by atoms with Crippen molar-refractivity contribution in [3.8, 4) is 11.5 Å². The van der Waals surface area contributed by atoms with Gasteiger partial charge < -0.3 is 19.2 Å². The highest BCUT2D eigenvalue weighted by Gasteiger charge is 2.40. The average molecular weight is 463 g/mol. The van der Waals surface area contributed by atoms with Crippen molar-refractivity contribution in [2.24, 2.45) is 4.99 Å². The monoisotopic (exact) mass is 462 g/mol. The molecular formula is C28H34N2O4. The molecule has 1 aliphatic carbocycles. The summed E-state index contributed by atoms with van der Waals surface area (Å²) in [4.78, 5) is 21.3. The van der Waals surface area contributed by atoms with Crippen LogP contribution in [0.4, 0.5) is 0 Å². The SMILES string of the molecule is C=NCc1ccc2c3c([nH]c2c1)C(C)(C)c1cc(OCCOCCC)c(OC(C)C)cc1C3=O. The molecule has 3 aromatic rings. The van der Waals surface area contributed by atoms with Crippen LogP contribution in [0.25, 0.3) is 10.9 Å². The van der Waals surface area contributed by atoms with Gasteiger partial charge in [-0.15, -0.1) is 0 Å². The van der Waals surface area contributed by atoms with E-state index >= 15 is 0 Å². The molecule has 0 radical (unpaired) electrons. The van der Waals surface area contributed by atoms with Gasteiger partial charge in [0.05, 0.1) is 24.8 Å². The van der Waals surface area contributed by atoms with Gasteiger partial charge in [-0.1, -0.05) is 32.9 Å². The number of nitrogens with one attached hydrogen (secondary N) is 1. The molecule has 0 saturated heterocycles. The molecule has 6 heteroatoms. The minimum Gasteiger partial charge on any atom is -0.487 e. The van der Waals surface area contributed by atoms with Crippen LogP contribution in [0.5, 0.6) is 11.5 Å². The first kappa shape index (κ1) is 24.0. The molecular weight excluding hydrogens is 428 g/mol. The number of carbonyl (C=O) groups excluding carboxylic acids is 1. The summed E-state index contributed by atoms with van der Waals surface area (Å²) >= 11 is 0. The second-order valence-corrected chi connectivity index (χ2v) is 9.56. The van der Waals surface area contributed by atoms with Crippen molar-refractivity contribution in [2.45, 2.75) is 59.1 Å². The number of aromatic nitrogens is 1. The van der Waals surface area contributed by atoms with E-state index in [1.165, 1.54) is 0 Å². The Labute approximate surface area is 201 Å². The molecule has 0 atom stereocenters. The first-order chi connectivity index (χ1) is 16.3. The van der Waals surface area contributed by atoms with Crippen LogP contribution in [0.1, 0.15) is 73.8 Å². The number of ketones is 1. The summed E-state index contributed by atoms with van der Waals surface area (Å²) in [5.74, 6) is 1.21. The normalized spacial score (nSPS) is 14.2. The molecule has 1 heterocycles. The largest absolute Gasteiger partial charge is 0.487 e. The van der Waals surface area contributed by atoms with Crippen molar-refractivity contribution in [1.82, 2.24) is 4.98 Å². The number of aromatic amines is 1. The van der Waals surface area contributed by atoms with Gasteiger partial charge in [0.2, 0.25) is 0 Å². The first-order valence-corrected chi connectivity index (χ1v) is 12.0. The second-order valence-electron chi connectivity index (χ2n) is 9.56. The van der Waals surface area contributed by atoms with E-state index in [-0.39, 0.29) is 11.9 Å². The first-order valence-electron chi connectivity index (χ1n) is 12.0. The number of aliphatic imine (C=N–C) groups is 1. The Morgan fingerprint density at radius 3 is 2.59 bits per heavy atom. The van der Waals surface area contributed by atoms with Crippen molar-refractivity contribution in [3.63, 3.8) is 0 Å². The van der Waals surface area contributed by atoms with Crippen LogP contribution in [0.15, 0.2) is 35.3 Å². The van der Waals surface area contributed by atoms with Gasteiger partial charge in [0.15, 0.2) is 17.3 Å². The Kier molecular flexibility index (Phi) is 6.80. The minimum absolute atomic E-state index is 0.00314. The fourth-order valence-electron chi connectivity index (χ4n) is 4.63. The fourth-order valence-corrected chi connectivity index (χ4v) is 4.63. The fraction of sp³-hybridized carbons (Fsp3) is 0.429. The third-order valence-corrected chi connectivity index (χ3v) is 6.21. The van der Waals surface area contributed by atoms with Gasteiger partial charge in [0, 0.05) is 34.2 Å². The van der Waals surface area contributed by atoms with E-state index < -0.39 is 5.41 Å². The summed E-state index contributed by atoms with van der Waals surface area (Å²) < 4.78 is 17.7. The molecule has 6 nitrogen and oxygen atoms in total. The molecule has 0 saturated carbocycles. The van der Waals surface area contributed by atoms with Crippen molar-refractivity contribution >= 4 is 23.4 Å². The number of fused-ring (bicyclic) bond motifs is 4. The van der Waals surface area contributed by atoms with E-state index in [0.29, 0.717) is 43.4 Å². The summed E-state index contributed by atoms with van der Waals surface area (Å²) in [5.41, 5.74) is 4.77. The molecule has 34 heavy (non-hydrogen) atoms. The number of rotatable bonds is 10. The summed E-state index contributed by atoms with van der Waals surface area (Å²) in [6.45, 7) is 16.0. The summed E-state index contributed by atoms with van der Waals surface area (Å²) in [6.07, 6.45) is 0.916.